The molecule has 0 spiro atoms. The number of methoxy groups -OCH3 is 3. The molecule has 19 nitrogen and oxygen atoms in total. The molecule has 0 radical (unpaired) electrons. The van der Waals surface area contributed by atoms with Gasteiger partial charge in [-0.2, -0.15) is 5.10 Å². The van der Waals surface area contributed by atoms with Crippen LogP contribution in [0.2, 0.25) is 0 Å². The minimum Gasteiger partial charge on any atom is -0.494 e. The standard InChI is InChI=1S/C44H54N10O9S/c1-8-30-38(64-27(4)45-30)40(56)49-44-46-31-22-28(41(57)60-6)24-34(59-5)36(31)52(44)14-10-11-15-53-37-32(47-43(53)48-39(55)33-21-26(3)50-54(33)9-2)23-29(42(58)61-7)25-35(37)63-18-12-13-51-16-19-62-20-17-51/h10-11,21-25,41,57H,8-9,12-20H2,1-7H3,(H,46,49,56)(H,47,48,55)/b11-10+. The number of imidazole rings is 2. The van der Waals surface area contributed by atoms with E-state index >= 15 is 0 Å². The van der Waals surface area contributed by atoms with Crippen LogP contribution < -0.4 is 20.1 Å². The predicted octanol–water partition coefficient (Wildman–Crippen LogP) is 5.53. The maximum absolute atomic E-state index is 13.9. The van der Waals surface area contributed by atoms with Crippen LogP contribution >= 0.6 is 11.3 Å². The van der Waals surface area contributed by atoms with E-state index in [9.17, 15) is 19.5 Å². The van der Waals surface area contributed by atoms with Gasteiger partial charge in [-0.25, -0.2) is 19.7 Å². The van der Waals surface area contributed by atoms with E-state index in [1.54, 1.807) is 39.6 Å². The van der Waals surface area contributed by atoms with Gasteiger partial charge < -0.3 is 37.9 Å². The van der Waals surface area contributed by atoms with E-state index in [1.807, 2.05) is 44.4 Å². The maximum atomic E-state index is 13.9. The summed E-state index contributed by atoms with van der Waals surface area (Å²) in [5, 5.41) is 21.8. The molecule has 1 unspecified atom stereocenters. The molecule has 5 heterocycles. The second-order valence-electron chi connectivity index (χ2n) is 15.0. The lowest BCUT2D eigenvalue weighted by molar-refractivity contribution is -0.0769. The molecule has 1 aliphatic rings. The first kappa shape index (κ1) is 45.8. The molecule has 2 amide bonds. The van der Waals surface area contributed by atoms with Crippen LogP contribution in [0.4, 0.5) is 11.9 Å². The molecule has 340 valence electrons. The molecule has 4 aromatic heterocycles. The van der Waals surface area contributed by atoms with Gasteiger partial charge >= 0.3 is 5.97 Å². The van der Waals surface area contributed by atoms with Crippen LogP contribution in [0.1, 0.15) is 79.0 Å². The van der Waals surface area contributed by atoms with Gasteiger partial charge in [0, 0.05) is 51.9 Å². The first-order valence-electron chi connectivity index (χ1n) is 21.1. The zero-order valence-corrected chi connectivity index (χ0v) is 37.9. The lowest BCUT2D eigenvalue weighted by atomic mass is 10.1. The Balaban J connectivity index is 1.26. The van der Waals surface area contributed by atoms with Gasteiger partial charge in [-0.15, -0.1) is 11.3 Å². The third kappa shape index (κ3) is 9.95. The summed E-state index contributed by atoms with van der Waals surface area (Å²) in [7, 11) is 4.21. The van der Waals surface area contributed by atoms with E-state index in [2.05, 4.69) is 25.6 Å². The third-order valence-electron chi connectivity index (χ3n) is 10.7. The van der Waals surface area contributed by atoms with Crippen LogP contribution in [0, 0.1) is 13.8 Å². The Morgan fingerprint density at radius 2 is 1.56 bits per heavy atom. The van der Waals surface area contributed by atoms with Gasteiger partial charge in [-0.3, -0.25) is 29.8 Å². The number of rotatable bonds is 19. The number of morpholine rings is 1. The predicted molar refractivity (Wildman–Crippen MR) is 241 cm³/mol. The number of esters is 1. The molecule has 1 aliphatic heterocycles. The van der Waals surface area contributed by atoms with E-state index in [0.717, 1.165) is 31.1 Å². The van der Waals surface area contributed by atoms with Crippen molar-refractivity contribution in [3.8, 4) is 11.5 Å². The summed E-state index contributed by atoms with van der Waals surface area (Å²) in [6, 6.07) is 8.30. The smallest absolute Gasteiger partial charge is 0.338 e. The Bertz CT molecular complexity index is 2680. The van der Waals surface area contributed by atoms with Crippen LogP contribution in [-0.2, 0) is 40.3 Å². The molecule has 2 aromatic carbocycles. The van der Waals surface area contributed by atoms with E-state index in [-0.39, 0.29) is 36.5 Å². The van der Waals surface area contributed by atoms with Crippen molar-refractivity contribution in [1.29, 1.82) is 0 Å². The number of anilines is 2. The number of aliphatic hydroxyl groups excluding tert-OH is 1. The Kier molecular flexibility index (Phi) is 14.7. The van der Waals surface area contributed by atoms with Crippen molar-refractivity contribution >= 4 is 63.1 Å². The molecule has 20 heteroatoms. The molecule has 0 saturated carbocycles. The number of fused-ring (bicyclic) bond motifs is 2. The fourth-order valence-corrected chi connectivity index (χ4v) is 8.55. The lowest BCUT2D eigenvalue weighted by Gasteiger charge is -2.26. The number of thiazole rings is 1. The molecule has 0 aliphatic carbocycles. The number of hydrogen-bond acceptors (Lipinski definition) is 15. The van der Waals surface area contributed by atoms with Crippen LogP contribution in [0.25, 0.3) is 22.1 Å². The van der Waals surface area contributed by atoms with Gasteiger partial charge in [-0.05, 0) is 63.9 Å². The van der Waals surface area contributed by atoms with E-state index < -0.39 is 18.2 Å². The highest BCUT2D eigenvalue weighted by Crippen LogP contribution is 2.35. The number of aryl methyl sites for hydroxylation is 4. The fraction of sp³-hybridized carbons (Fsp3) is 0.432. The zero-order valence-electron chi connectivity index (χ0n) is 37.1. The maximum Gasteiger partial charge on any atom is 0.338 e. The summed E-state index contributed by atoms with van der Waals surface area (Å²) in [5.41, 5.74) is 4.39. The highest BCUT2D eigenvalue weighted by molar-refractivity contribution is 7.13. The summed E-state index contributed by atoms with van der Waals surface area (Å²) in [6.07, 6.45) is 3.85. The number of hydrogen-bond donors (Lipinski definition) is 3. The molecule has 3 N–H and O–H groups in total. The average Bonchev–Trinajstić information content (AvgIpc) is 4.07. The van der Waals surface area contributed by atoms with E-state index in [0.29, 0.717) is 93.9 Å². The Hall–Kier alpha value is -6.19. The summed E-state index contributed by atoms with van der Waals surface area (Å²) in [5.74, 6) is -0.0816. The quantitative estimate of drug-likeness (QED) is 0.0395. The number of carbonyl (C=O) groups excluding carboxylic acids is 3. The second-order valence-corrected chi connectivity index (χ2v) is 16.2. The van der Waals surface area contributed by atoms with Gasteiger partial charge in [0.1, 0.15) is 33.1 Å². The zero-order chi connectivity index (χ0) is 45.5. The van der Waals surface area contributed by atoms with Crippen LogP contribution in [-0.4, -0.2) is 122 Å². The number of nitrogens with zero attached hydrogens (tertiary/aromatic N) is 8. The van der Waals surface area contributed by atoms with Crippen molar-refractivity contribution in [1.82, 2.24) is 38.8 Å². The third-order valence-corrected chi connectivity index (χ3v) is 11.8. The Morgan fingerprint density at radius 1 is 0.891 bits per heavy atom. The normalized spacial score (nSPS) is 13.8. The summed E-state index contributed by atoms with van der Waals surface area (Å²) < 4.78 is 33.2. The number of nitrogens with one attached hydrogen (secondary N) is 2. The summed E-state index contributed by atoms with van der Waals surface area (Å²) in [4.78, 5) is 57.6. The number of aliphatic hydroxyl groups is 1. The van der Waals surface area contributed by atoms with Crippen LogP contribution in [0.3, 0.4) is 0 Å². The molecule has 64 heavy (non-hydrogen) atoms. The van der Waals surface area contributed by atoms with E-state index in [4.69, 9.17) is 33.7 Å². The summed E-state index contributed by atoms with van der Waals surface area (Å²) in [6.45, 7) is 12.6. The second kappa shape index (κ2) is 20.5. The van der Waals surface area contributed by atoms with Gasteiger partial charge in [0.05, 0.1) is 67.0 Å². The number of amides is 2. The Labute approximate surface area is 373 Å². The highest BCUT2D eigenvalue weighted by atomic mass is 32.1. The minimum absolute atomic E-state index is 0.190. The van der Waals surface area contributed by atoms with Crippen molar-refractivity contribution in [2.24, 2.45) is 0 Å². The van der Waals surface area contributed by atoms with Crippen molar-refractivity contribution in [3.63, 3.8) is 0 Å². The van der Waals surface area contributed by atoms with Crippen molar-refractivity contribution < 1.29 is 43.2 Å². The van der Waals surface area contributed by atoms with Crippen molar-refractivity contribution in [2.45, 2.75) is 66.5 Å². The molecule has 6 aromatic rings. The van der Waals surface area contributed by atoms with Gasteiger partial charge in [0.2, 0.25) is 11.9 Å². The number of ether oxygens (including phenoxy) is 5. The van der Waals surface area contributed by atoms with Crippen LogP contribution in [0.5, 0.6) is 11.5 Å². The molecular weight excluding hydrogens is 845 g/mol. The number of aromatic nitrogens is 7. The molecule has 0 bridgehead atoms. The molecule has 1 saturated heterocycles. The largest absolute Gasteiger partial charge is 0.494 e. The minimum atomic E-state index is -1.23. The first-order chi connectivity index (χ1) is 31.0. The molecular formula is C44H54N10O9S. The average molecular weight is 899 g/mol. The van der Waals surface area contributed by atoms with Gasteiger partial charge in [0.25, 0.3) is 11.8 Å². The fourth-order valence-electron chi connectivity index (χ4n) is 7.64. The lowest BCUT2D eigenvalue weighted by Crippen LogP contribution is -2.37. The molecule has 7 rings (SSSR count). The van der Waals surface area contributed by atoms with Crippen molar-refractivity contribution in [2.75, 3.05) is 71.4 Å². The number of allylic oxidation sites excluding steroid dienone is 2. The molecule has 1 atom stereocenters. The number of benzene rings is 2. The topological polar surface area (TPSA) is 211 Å². The monoisotopic (exact) mass is 898 g/mol. The Morgan fingerprint density at radius 3 is 2.20 bits per heavy atom. The van der Waals surface area contributed by atoms with Gasteiger partial charge in [-0.1, -0.05) is 19.1 Å². The van der Waals surface area contributed by atoms with Gasteiger partial charge in [0.15, 0.2) is 6.29 Å². The highest BCUT2D eigenvalue weighted by Gasteiger charge is 2.25. The van der Waals surface area contributed by atoms with Crippen molar-refractivity contribution in [3.05, 3.63) is 80.6 Å². The summed E-state index contributed by atoms with van der Waals surface area (Å²) >= 11 is 1.31. The SMILES string of the molecule is CCc1nc(C)sc1C(=O)Nc1nc2cc(C(O)OC)cc(OC)c2n1C/C=C/Cn1c(NC(=O)c2cc(C)nn2CC)nc2cc(C(=O)OC)cc(OCCCN3CCOCC3)c21. The number of carbonyl (C=O) groups is 3. The first-order valence-corrected chi connectivity index (χ1v) is 21.9. The van der Waals surface area contributed by atoms with E-state index in [1.165, 1.54) is 32.7 Å². The molecule has 1 fully saturated rings. The van der Waals surface area contributed by atoms with Crippen LogP contribution in [0.15, 0.2) is 42.5 Å².